The van der Waals surface area contributed by atoms with E-state index in [1.165, 1.54) is 0 Å². The number of aryl methyl sites for hydroxylation is 1. The number of anilines is 1. The second-order valence-corrected chi connectivity index (χ2v) is 4.54. The van der Waals surface area contributed by atoms with E-state index in [0.717, 1.165) is 22.2 Å². The predicted octanol–water partition coefficient (Wildman–Crippen LogP) is 1.67. The van der Waals surface area contributed by atoms with Gasteiger partial charge < -0.3 is 15.8 Å². The molecule has 0 radical (unpaired) electrons. The number of rotatable bonds is 2. The van der Waals surface area contributed by atoms with Crippen LogP contribution in [0.1, 0.15) is 12.5 Å². The Hall–Kier alpha value is -1.07. The number of nitrogens with two attached hydrogens (primary N) is 1. The summed E-state index contributed by atoms with van der Waals surface area (Å²) in [5.74, 6) is 0.552. The molecule has 1 aromatic rings. The fraction of sp³-hybridized carbons (Fsp3) is 0.364. The molecule has 1 atom stereocenters. The first-order valence-corrected chi connectivity index (χ1v) is 5.95. The second kappa shape index (κ2) is 4.43. The molecule has 4 nitrogen and oxygen atoms in total. The summed E-state index contributed by atoms with van der Waals surface area (Å²) in [5, 5.41) is 2.80. The van der Waals surface area contributed by atoms with E-state index in [1.807, 2.05) is 19.1 Å². The summed E-state index contributed by atoms with van der Waals surface area (Å²) in [6.45, 7) is 2.23. The van der Waals surface area contributed by atoms with E-state index < -0.39 is 6.10 Å². The molecule has 0 fully saturated rings. The summed E-state index contributed by atoms with van der Waals surface area (Å²) in [6, 6.07) is 3.82. The van der Waals surface area contributed by atoms with Gasteiger partial charge in [0.05, 0.1) is 5.69 Å². The fourth-order valence-corrected chi connectivity index (χ4v) is 2.21. The number of carbonyl (C=O) groups excluding carboxylic acids is 1. The van der Waals surface area contributed by atoms with Crippen LogP contribution in [0.25, 0.3) is 0 Å². The van der Waals surface area contributed by atoms with E-state index in [9.17, 15) is 4.79 Å². The third-order valence-electron chi connectivity index (χ3n) is 2.54. The third-order valence-corrected chi connectivity index (χ3v) is 2.99. The van der Waals surface area contributed by atoms with Crippen LogP contribution in [0.3, 0.4) is 0 Å². The number of hydrogen-bond donors (Lipinski definition) is 2. The maximum Gasteiger partial charge on any atom is 0.266 e. The first-order valence-electron chi connectivity index (χ1n) is 5.15. The Labute approximate surface area is 102 Å². The van der Waals surface area contributed by atoms with E-state index in [1.54, 1.807) is 0 Å². The van der Waals surface area contributed by atoms with E-state index in [-0.39, 0.29) is 12.5 Å². The molecule has 1 aliphatic rings. The van der Waals surface area contributed by atoms with Gasteiger partial charge in [-0.2, -0.15) is 0 Å². The molecule has 1 unspecified atom stereocenters. The van der Waals surface area contributed by atoms with Crippen LogP contribution in [0, 0.1) is 0 Å². The molecule has 0 saturated heterocycles. The maximum atomic E-state index is 11.6. The molecule has 5 heteroatoms. The van der Waals surface area contributed by atoms with Gasteiger partial charge in [-0.25, -0.2) is 0 Å². The van der Waals surface area contributed by atoms with Crippen LogP contribution >= 0.6 is 15.9 Å². The largest absolute Gasteiger partial charge is 0.477 e. The number of fused-ring (bicyclic) bond motifs is 1. The molecule has 1 aliphatic heterocycles. The molecule has 86 valence electrons. The Morgan fingerprint density at radius 1 is 1.56 bits per heavy atom. The fourth-order valence-electron chi connectivity index (χ4n) is 1.71. The molecular formula is C11H13BrN2O2. The molecule has 0 aromatic heterocycles. The summed E-state index contributed by atoms with van der Waals surface area (Å²) in [6.07, 6.45) is 0.258. The molecular weight excluding hydrogens is 272 g/mol. The van der Waals surface area contributed by atoms with Crippen molar-refractivity contribution in [2.75, 3.05) is 11.9 Å². The van der Waals surface area contributed by atoms with Crippen LogP contribution in [0.15, 0.2) is 16.6 Å². The number of hydrogen-bond acceptors (Lipinski definition) is 3. The molecule has 0 saturated carbocycles. The number of benzene rings is 1. The van der Waals surface area contributed by atoms with Gasteiger partial charge in [-0.3, -0.25) is 4.79 Å². The van der Waals surface area contributed by atoms with Gasteiger partial charge in [-0.15, -0.1) is 0 Å². The molecule has 0 bridgehead atoms. The number of ether oxygens (including phenoxy) is 1. The zero-order chi connectivity index (χ0) is 11.7. The quantitative estimate of drug-likeness (QED) is 0.868. The molecule has 16 heavy (non-hydrogen) atoms. The third kappa shape index (κ3) is 1.92. The lowest BCUT2D eigenvalue weighted by Crippen LogP contribution is -2.42. The van der Waals surface area contributed by atoms with E-state index in [4.69, 9.17) is 10.5 Å². The Kier molecular flexibility index (Phi) is 3.16. The highest BCUT2D eigenvalue weighted by atomic mass is 79.9. The lowest BCUT2D eigenvalue weighted by molar-refractivity contribution is -0.123. The van der Waals surface area contributed by atoms with Crippen LogP contribution in [0.4, 0.5) is 5.69 Å². The lowest BCUT2D eigenvalue weighted by Gasteiger charge is -2.26. The molecule has 0 aliphatic carbocycles. The van der Waals surface area contributed by atoms with Gasteiger partial charge in [0.2, 0.25) is 0 Å². The summed E-state index contributed by atoms with van der Waals surface area (Å²) in [5.41, 5.74) is 7.24. The SMILES string of the molecule is CCc1cc(Br)cc2c1OC(CN)C(=O)N2. The zero-order valence-corrected chi connectivity index (χ0v) is 10.5. The minimum atomic E-state index is -0.584. The van der Waals surface area contributed by atoms with Crippen molar-refractivity contribution in [1.29, 1.82) is 0 Å². The maximum absolute atomic E-state index is 11.6. The average Bonchev–Trinajstić information content (AvgIpc) is 2.26. The van der Waals surface area contributed by atoms with Gasteiger partial charge in [0.25, 0.3) is 5.91 Å². The van der Waals surface area contributed by atoms with Crippen molar-refractivity contribution in [1.82, 2.24) is 0 Å². The van der Waals surface area contributed by atoms with Gasteiger partial charge >= 0.3 is 0 Å². The van der Waals surface area contributed by atoms with Crippen molar-refractivity contribution in [2.24, 2.45) is 5.73 Å². The molecule has 1 aromatic carbocycles. The second-order valence-electron chi connectivity index (χ2n) is 3.63. The van der Waals surface area contributed by atoms with Crippen molar-refractivity contribution in [3.05, 3.63) is 22.2 Å². The van der Waals surface area contributed by atoms with Crippen LogP contribution < -0.4 is 15.8 Å². The lowest BCUT2D eigenvalue weighted by atomic mass is 10.1. The highest BCUT2D eigenvalue weighted by Crippen LogP contribution is 2.36. The minimum absolute atomic E-state index is 0.185. The number of nitrogens with one attached hydrogen (secondary N) is 1. The summed E-state index contributed by atoms with van der Waals surface area (Å²) >= 11 is 3.40. The summed E-state index contributed by atoms with van der Waals surface area (Å²) in [7, 11) is 0. The minimum Gasteiger partial charge on any atom is -0.477 e. The van der Waals surface area contributed by atoms with Crippen molar-refractivity contribution >= 4 is 27.5 Å². The van der Waals surface area contributed by atoms with Crippen molar-refractivity contribution in [3.8, 4) is 5.75 Å². The van der Waals surface area contributed by atoms with Gasteiger partial charge in [0, 0.05) is 11.0 Å². The average molecular weight is 285 g/mol. The summed E-state index contributed by atoms with van der Waals surface area (Å²) in [4.78, 5) is 11.6. The van der Waals surface area contributed by atoms with Crippen LogP contribution in [0.2, 0.25) is 0 Å². The van der Waals surface area contributed by atoms with Crippen LogP contribution in [0.5, 0.6) is 5.75 Å². The number of carbonyl (C=O) groups is 1. The first kappa shape index (κ1) is 11.4. The van der Waals surface area contributed by atoms with Crippen molar-refractivity contribution in [2.45, 2.75) is 19.4 Å². The molecule has 1 amide bonds. The topological polar surface area (TPSA) is 64.3 Å². The molecule has 0 spiro atoms. The van der Waals surface area contributed by atoms with E-state index in [2.05, 4.69) is 21.2 Å². The van der Waals surface area contributed by atoms with Crippen LogP contribution in [-0.2, 0) is 11.2 Å². The van der Waals surface area contributed by atoms with Gasteiger partial charge in [0.1, 0.15) is 5.75 Å². The first-order chi connectivity index (χ1) is 7.65. The number of amides is 1. The zero-order valence-electron chi connectivity index (χ0n) is 8.92. The molecule has 3 N–H and O–H groups in total. The molecule has 2 rings (SSSR count). The highest BCUT2D eigenvalue weighted by molar-refractivity contribution is 9.10. The van der Waals surface area contributed by atoms with Gasteiger partial charge in [-0.05, 0) is 24.1 Å². The Balaban J connectivity index is 2.46. The normalized spacial score (nSPS) is 18.7. The van der Waals surface area contributed by atoms with Gasteiger partial charge in [0.15, 0.2) is 6.10 Å². The monoisotopic (exact) mass is 284 g/mol. The van der Waals surface area contributed by atoms with Crippen molar-refractivity contribution in [3.63, 3.8) is 0 Å². The molecule has 1 heterocycles. The highest BCUT2D eigenvalue weighted by Gasteiger charge is 2.28. The Morgan fingerprint density at radius 2 is 2.31 bits per heavy atom. The number of halogens is 1. The van der Waals surface area contributed by atoms with E-state index >= 15 is 0 Å². The Morgan fingerprint density at radius 3 is 2.94 bits per heavy atom. The standard InChI is InChI=1S/C11H13BrN2O2/c1-2-6-3-7(12)4-8-10(6)16-9(5-13)11(15)14-8/h3-4,9H,2,5,13H2,1H3,(H,14,15). The Bertz CT molecular complexity index is 434. The van der Waals surface area contributed by atoms with E-state index in [0.29, 0.717) is 5.69 Å². The smallest absolute Gasteiger partial charge is 0.266 e. The van der Waals surface area contributed by atoms with Crippen molar-refractivity contribution < 1.29 is 9.53 Å². The predicted molar refractivity (Wildman–Crippen MR) is 65.6 cm³/mol. The van der Waals surface area contributed by atoms with Gasteiger partial charge in [-0.1, -0.05) is 22.9 Å². The summed E-state index contributed by atoms with van der Waals surface area (Å²) < 4.78 is 6.54. The van der Waals surface area contributed by atoms with Crippen LogP contribution in [-0.4, -0.2) is 18.6 Å².